The predicted octanol–water partition coefficient (Wildman–Crippen LogP) is 5.49. The van der Waals surface area contributed by atoms with Crippen LogP contribution in [0.3, 0.4) is 0 Å². The third kappa shape index (κ3) is 3.64. The summed E-state index contributed by atoms with van der Waals surface area (Å²) in [7, 11) is -2.78. The van der Waals surface area contributed by atoms with Gasteiger partial charge in [0.05, 0.1) is 16.1 Å². The van der Waals surface area contributed by atoms with Gasteiger partial charge in [-0.1, -0.05) is 70.2 Å². The van der Waals surface area contributed by atoms with Crippen LogP contribution in [0.15, 0.2) is 42.6 Å². The van der Waals surface area contributed by atoms with Crippen LogP contribution in [0.4, 0.5) is 5.69 Å². The van der Waals surface area contributed by atoms with Crippen molar-refractivity contribution in [2.75, 3.05) is 5.32 Å². The highest BCUT2D eigenvalue weighted by atomic mass is 28.4. The summed E-state index contributed by atoms with van der Waals surface area (Å²) >= 11 is 0. The molecule has 1 atom stereocenters. The van der Waals surface area contributed by atoms with Gasteiger partial charge in [0, 0.05) is 11.0 Å². The second kappa shape index (κ2) is 7.27. The van der Waals surface area contributed by atoms with Crippen LogP contribution < -0.4 is 5.32 Å². The standard InChI is InChI=1S/C17H31NSi2/c1-7-19(5,6)17(20(8-2,9-3)10-4)18-16-14-12-11-13-15-16/h7,11-15,17-18H,1,8-10H2,2-6H3. The Labute approximate surface area is 127 Å². The summed E-state index contributed by atoms with van der Waals surface area (Å²) in [4.78, 5) is 0. The SMILES string of the molecule is C=C[Si](C)(C)C(Nc1ccccc1)[Si](CC)(CC)CC. The molecule has 3 heteroatoms. The van der Waals surface area contributed by atoms with E-state index >= 15 is 0 Å². The molecule has 1 rings (SSSR count). The molecule has 0 aliphatic carbocycles. The van der Waals surface area contributed by atoms with Crippen molar-refractivity contribution in [3.63, 3.8) is 0 Å². The smallest absolute Gasteiger partial charge is 0.0919 e. The van der Waals surface area contributed by atoms with Gasteiger partial charge in [-0.05, 0) is 12.1 Å². The number of anilines is 1. The molecule has 0 heterocycles. The van der Waals surface area contributed by atoms with Crippen molar-refractivity contribution in [3.8, 4) is 0 Å². The average molecular weight is 306 g/mol. The van der Waals surface area contributed by atoms with Crippen molar-refractivity contribution in [3.05, 3.63) is 42.6 Å². The molecular weight excluding hydrogens is 274 g/mol. The molecule has 20 heavy (non-hydrogen) atoms. The van der Waals surface area contributed by atoms with Gasteiger partial charge in [-0.3, -0.25) is 0 Å². The van der Waals surface area contributed by atoms with Crippen LogP contribution in [0.2, 0.25) is 31.2 Å². The summed E-state index contributed by atoms with van der Waals surface area (Å²) in [5.41, 5.74) is 3.54. The fourth-order valence-corrected chi connectivity index (χ4v) is 15.8. The van der Waals surface area contributed by atoms with Gasteiger partial charge in [-0.15, -0.1) is 12.3 Å². The van der Waals surface area contributed by atoms with E-state index in [-0.39, 0.29) is 0 Å². The van der Waals surface area contributed by atoms with Gasteiger partial charge in [0.1, 0.15) is 0 Å². The quantitative estimate of drug-likeness (QED) is 0.626. The lowest BCUT2D eigenvalue weighted by Gasteiger charge is -2.45. The molecule has 1 aromatic rings. The zero-order valence-corrected chi connectivity index (χ0v) is 15.9. The summed E-state index contributed by atoms with van der Waals surface area (Å²) in [6, 6.07) is 14.8. The maximum absolute atomic E-state index is 4.16. The minimum absolute atomic E-state index is 0.662. The van der Waals surface area contributed by atoms with Crippen molar-refractivity contribution in [2.45, 2.75) is 57.3 Å². The number of hydrogen-bond acceptors (Lipinski definition) is 1. The van der Waals surface area contributed by atoms with E-state index in [0.29, 0.717) is 5.29 Å². The topological polar surface area (TPSA) is 12.0 Å². The molecule has 0 fully saturated rings. The predicted molar refractivity (Wildman–Crippen MR) is 98.7 cm³/mol. The van der Waals surface area contributed by atoms with E-state index in [1.807, 2.05) is 0 Å². The fourth-order valence-electron chi connectivity index (χ4n) is 3.31. The Balaban J connectivity index is 3.18. The molecule has 1 unspecified atom stereocenters. The van der Waals surface area contributed by atoms with Crippen LogP contribution in [0, 0.1) is 0 Å². The summed E-state index contributed by atoms with van der Waals surface area (Å²) in [5, 5.41) is 4.58. The van der Waals surface area contributed by atoms with Crippen molar-refractivity contribution >= 4 is 21.8 Å². The first-order valence-corrected chi connectivity index (χ1v) is 13.8. The van der Waals surface area contributed by atoms with E-state index in [2.05, 4.69) is 81.8 Å². The van der Waals surface area contributed by atoms with Crippen LogP contribution in [0.5, 0.6) is 0 Å². The van der Waals surface area contributed by atoms with Gasteiger partial charge in [-0.2, -0.15) is 0 Å². The average Bonchev–Trinajstić information content (AvgIpc) is 2.49. The Hall–Kier alpha value is -0.806. The summed E-state index contributed by atoms with van der Waals surface area (Å²) in [5.74, 6) is 0. The molecule has 0 aliphatic rings. The first-order chi connectivity index (χ1) is 9.45. The summed E-state index contributed by atoms with van der Waals surface area (Å²) < 4.78 is 0. The Morgan fingerprint density at radius 1 is 1.05 bits per heavy atom. The van der Waals surface area contributed by atoms with E-state index in [1.54, 1.807) is 0 Å². The number of hydrogen-bond donors (Lipinski definition) is 1. The van der Waals surface area contributed by atoms with Crippen LogP contribution >= 0.6 is 0 Å². The van der Waals surface area contributed by atoms with E-state index in [0.717, 1.165) is 0 Å². The Kier molecular flexibility index (Phi) is 6.27. The number of para-hydroxylation sites is 1. The zero-order valence-electron chi connectivity index (χ0n) is 13.9. The summed E-state index contributed by atoms with van der Waals surface area (Å²) in [6.07, 6.45) is 0. The molecule has 0 radical (unpaired) electrons. The lowest BCUT2D eigenvalue weighted by molar-refractivity contribution is 1.06. The third-order valence-corrected chi connectivity index (χ3v) is 17.4. The number of benzene rings is 1. The largest absolute Gasteiger partial charge is 0.387 e. The second-order valence-electron chi connectivity index (χ2n) is 6.39. The van der Waals surface area contributed by atoms with Crippen LogP contribution in [-0.4, -0.2) is 21.4 Å². The maximum atomic E-state index is 4.16. The molecule has 0 saturated carbocycles. The number of rotatable bonds is 8. The molecular formula is C17H31NSi2. The highest BCUT2D eigenvalue weighted by molar-refractivity contribution is 7.01. The van der Waals surface area contributed by atoms with Gasteiger partial charge >= 0.3 is 0 Å². The van der Waals surface area contributed by atoms with Gasteiger partial charge in [0.15, 0.2) is 0 Å². The first-order valence-electron chi connectivity index (χ1n) is 7.91. The Morgan fingerprint density at radius 3 is 1.95 bits per heavy atom. The fraction of sp³-hybridized carbons (Fsp3) is 0.529. The minimum atomic E-state index is -1.47. The third-order valence-electron chi connectivity index (χ3n) is 5.08. The molecule has 0 aliphatic heterocycles. The van der Waals surface area contributed by atoms with Crippen LogP contribution in [0.1, 0.15) is 20.8 Å². The molecule has 0 bridgehead atoms. The van der Waals surface area contributed by atoms with E-state index in [9.17, 15) is 0 Å². The zero-order chi connectivity index (χ0) is 15.2. The molecule has 0 aromatic heterocycles. The highest BCUT2D eigenvalue weighted by Crippen LogP contribution is 2.32. The van der Waals surface area contributed by atoms with E-state index < -0.39 is 16.1 Å². The van der Waals surface area contributed by atoms with Crippen molar-refractivity contribution < 1.29 is 0 Å². The minimum Gasteiger partial charge on any atom is -0.387 e. The van der Waals surface area contributed by atoms with Crippen molar-refractivity contribution in [1.29, 1.82) is 0 Å². The monoisotopic (exact) mass is 305 g/mol. The maximum Gasteiger partial charge on any atom is 0.0919 e. The van der Waals surface area contributed by atoms with Crippen LogP contribution in [-0.2, 0) is 0 Å². The molecule has 1 N–H and O–H groups in total. The van der Waals surface area contributed by atoms with E-state index in [4.69, 9.17) is 0 Å². The molecule has 0 spiro atoms. The molecule has 0 saturated heterocycles. The molecule has 1 nitrogen and oxygen atoms in total. The van der Waals surface area contributed by atoms with Gasteiger partial charge in [0.2, 0.25) is 0 Å². The van der Waals surface area contributed by atoms with Gasteiger partial charge in [0.25, 0.3) is 0 Å². The first kappa shape index (κ1) is 17.2. The number of nitrogens with one attached hydrogen (secondary N) is 1. The summed E-state index contributed by atoms with van der Waals surface area (Å²) in [6.45, 7) is 16.3. The van der Waals surface area contributed by atoms with E-state index in [1.165, 1.54) is 23.8 Å². The van der Waals surface area contributed by atoms with Crippen molar-refractivity contribution in [2.24, 2.45) is 0 Å². The highest BCUT2D eigenvalue weighted by Gasteiger charge is 2.44. The second-order valence-corrected chi connectivity index (χ2v) is 17.0. The van der Waals surface area contributed by atoms with Crippen molar-refractivity contribution in [1.82, 2.24) is 0 Å². The van der Waals surface area contributed by atoms with Crippen LogP contribution in [0.25, 0.3) is 0 Å². The molecule has 0 amide bonds. The Bertz CT molecular complexity index is 402. The lowest BCUT2D eigenvalue weighted by atomic mass is 10.3. The van der Waals surface area contributed by atoms with Gasteiger partial charge in [-0.25, -0.2) is 0 Å². The Morgan fingerprint density at radius 2 is 1.55 bits per heavy atom. The van der Waals surface area contributed by atoms with Gasteiger partial charge < -0.3 is 5.32 Å². The molecule has 112 valence electrons. The molecule has 1 aromatic carbocycles. The lowest BCUT2D eigenvalue weighted by Crippen LogP contribution is -2.62. The normalized spacial score (nSPS) is 13.8.